The van der Waals surface area contributed by atoms with Gasteiger partial charge in [0.1, 0.15) is 11.5 Å². The van der Waals surface area contributed by atoms with Crippen molar-refractivity contribution in [3.8, 4) is 5.75 Å². The minimum atomic E-state index is -2.78. The maximum atomic E-state index is 15.4. The third-order valence-electron chi connectivity index (χ3n) is 11.2. The molecule has 0 spiro atoms. The van der Waals surface area contributed by atoms with E-state index in [1.165, 1.54) is 0 Å². The van der Waals surface area contributed by atoms with Crippen LogP contribution in [0.1, 0.15) is 116 Å². The first kappa shape index (κ1) is 35.2. The minimum absolute atomic E-state index is 0.0254. The number of nitrogens with zero attached hydrogens (tertiary/aromatic N) is 2. The van der Waals surface area contributed by atoms with Gasteiger partial charge in [0.15, 0.2) is 25.5 Å². The summed E-state index contributed by atoms with van der Waals surface area (Å²) in [4.78, 5) is 45.8. The minimum Gasteiger partial charge on any atom is -0.507 e. The van der Waals surface area contributed by atoms with Gasteiger partial charge in [-0.3, -0.25) is 19.3 Å². The molecule has 47 heavy (non-hydrogen) atoms. The lowest BCUT2D eigenvalue weighted by atomic mass is 9.56. The Morgan fingerprint density at radius 2 is 1.74 bits per heavy atom. The molecule has 1 heterocycles. The van der Waals surface area contributed by atoms with Crippen molar-refractivity contribution >= 4 is 31.4 Å². The maximum absolute atomic E-state index is 15.4. The first-order valence-electron chi connectivity index (χ1n) is 16.7. The molecule has 256 valence electrons. The Bertz CT molecular complexity index is 1690. The average molecular weight is 665 g/mol. The van der Waals surface area contributed by atoms with E-state index in [-0.39, 0.29) is 33.1 Å². The highest BCUT2D eigenvalue weighted by Gasteiger charge is 2.68. The molecule has 1 N–H and O–H groups in total. The van der Waals surface area contributed by atoms with E-state index in [1.807, 2.05) is 39.0 Å². The van der Waals surface area contributed by atoms with E-state index >= 15 is 4.79 Å². The fraction of sp³-hybridized carbons (Fsp3) is 0.622. The molecule has 0 amide bonds. The molecular weight excluding hydrogens is 613 g/mol. The van der Waals surface area contributed by atoms with Gasteiger partial charge in [-0.05, 0) is 88.3 Å². The molecule has 0 bridgehead atoms. The van der Waals surface area contributed by atoms with Crippen molar-refractivity contribution < 1.29 is 33.2 Å². The van der Waals surface area contributed by atoms with E-state index in [1.54, 1.807) is 20.1 Å². The number of fused-ring (bicyclic) bond motifs is 4. The number of ether oxygens (including phenoxy) is 1. The summed E-state index contributed by atoms with van der Waals surface area (Å²) in [5, 5.41) is 16.1. The van der Waals surface area contributed by atoms with Gasteiger partial charge in [-0.1, -0.05) is 46.7 Å². The van der Waals surface area contributed by atoms with Crippen molar-refractivity contribution in [3.63, 3.8) is 0 Å². The SMILES string of the molecule is COc1cc(C(=O)CCC(C)(C)C)c(C)c2c1C[C@H]1C[C@H]3[C@H](N(C)C)c4onc(C)c4C(=O)[C@@]3(O[Si](C)(C)C(C)(C)C)C(=O)C1=C2O. The zero-order valence-electron chi connectivity index (χ0n) is 30.4. The first-order valence-corrected chi connectivity index (χ1v) is 19.6. The molecule has 0 saturated heterocycles. The van der Waals surface area contributed by atoms with Crippen LogP contribution in [0.25, 0.3) is 5.76 Å². The van der Waals surface area contributed by atoms with E-state index in [9.17, 15) is 14.7 Å². The van der Waals surface area contributed by atoms with Crippen molar-refractivity contribution in [1.82, 2.24) is 10.1 Å². The number of Topliss-reactive ketones (excluding diaryl/α,β-unsaturated/α-hetero) is 3. The van der Waals surface area contributed by atoms with Gasteiger partial charge in [0, 0.05) is 34.6 Å². The maximum Gasteiger partial charge on any atom is 0.207 e. The van der Waals surface area contributed by atoms with Crippen LogP contribution in [0.4, 0.5) is 0 Å². The molecule has 0 unspecified atom stereocenters. The Labute approximate surface area is 280 Å². The number of carbonyl (C=O) groups is 3. The van der Waals surface area contributed by atoms with Gasteiger partial charge in [-0.2, -0.15) is 0 Å². The lowest BCUT2D eigenvalue weighted by Crippen LogP contribution is -2.68. The van der Waals surface area contributed by atoms with Gasteiger partial charge in [0.05, 0.1) is 24.4 Å². The van der Waals surface area contributed by atoms with Crippen molar-refractivity contribution in [2.45, 2.75) is 111 Å². The Kier molecular flexibility index (Phi) is 8.63. The van der Waals surface area contributed by atoms with Gasteiger partial charge in [0.25, 0.3) is 0 Å². The van der Waals surface area contributed by atoms with Gasteiger partial charge in [0.2, 0.25) is 11.6 Å². The van der Waals surface area contributed by atoms with Crippen LogP contribution < -0.4 is 4.74 Å². The molecule has 10 heteroatoms. The summed E-state index contributed by atoms with van der Waals surface area (Å²) in [6, 6.07) is 1.32. The number of hydrogen-bond acceptors (Lipinski definition) is 9. The molecule has 3 aliphatic rings. The average Bonchev–Trinajstić information content (AvgIpc) is 3.32. The molecule has 1 aromatic carbocycles. The van der Waals surface area contributed by atoms with Crippen LogP contribution in [-0.4, -0.2) is 67.6 Å². The molecule has 0 radical (unpaired) electrons. The standard InChI is InChI=1S/C37H52N2O7Si/c1-19-22(25(40)14-15-35(3,4)5)18-26(44-11)23-16-21-17-24-30(39(9)10)32-28(20(2)38-45-32)33(42)37(24,46-47(12,13)36(6,7)8)34(43)29(21)31(41)27(19)23/h18,21,24,30,41H,14-17H2,1-13H3/t21-,24-,30-,37+/m0/s1. The van der Waals surface area contributed by atoms with Gasteiger partial charge < -0.3 is 18.8 Å². The number of rotatable bonds is 7. The zero-order valence-corrected chi connectivity index (χ0v) is 31.4. The summed E-state index contributed by atoms with van der Waals surface area (Å²) in [5.41, 5.74) is 1.26. The van der Waals surface area contributed by atoms with Crippen LogP contribution >= 0.6 is 0 Å². The van der Waals surface area contributed by atoms with E-state index in [2.05, 4.69) is 46.7 Å². The zero-order chi connectivity index (χ0) is 35.2. The third-order valence-corrected chi connectivity index (χ3v) is 15.6. The Morgan fingerprint density at radius 3 is 2.30 bits per heavy atom. The van der Waals surface area contributed by atoms with Gasteiger partial charge >= 0.3 is 0 Å². The van der Waals surface area contributed by atoms with Crippen molar-refractivity contribution in [1.29, 1.82) is 0 Å². The highest BCUT2D eigenvalue weighted by Crippen LogP contribution is 2.58. The highest BCUT2D eigenvalue weighted by atomic mass is 28.4. The topological polar surface area (TPSA) is 119 Å². The van der Waals surface area contributed by atoms with Crippen LogP contribution in [0.3, 0.4) is 0 Å². The molecule has 1 fully saturated rings. The number of aryl methyl sites for hydroxylation is 1. The number of benzene rings is 1. The fourth-order valence-corrected chi connectivity index (χ4v) is 9.06. The number of methoxy groups -OCH3 is 1. The summed E-state index contributed by atoms with van der Waals surface area (Å²) in [7, 11) is 2.60. The number of aliphatic hydroxyl groups excluding tert-OH is 1. The van der Waals surface area contributed by atoms with Crippen LogP contribution in [0.5, 0.6) is 5.75 Å². The van der Waals surface area contributed by atoms with Crippen LogP contribution in [0.15, 0.2) is 16.2 Å². The number of ketones is 3. The molecule has 2 aromatic rings. The Hall–Kier alpha value is -3.08. The molecule has 1 aromatic heterocycles. The number of aromatic nitrogens is 1. The van der Waals surface area contributed by atoms with Crippen LogP contribution in [0, 0.1) is 31.1 Å². The van der Waals surface area contributed by atoms with E-state index < -0.39 is 43.4 Å². The second-order valence-electron chi connectivity index (χ2n) is 16.8. The summed E-state index contributed by atoms with van der Waals surface area (Å²) in [5.74, 6) is -1.24. The summed E-state index contributed by atoms with van der Waals surface area (Å²) < 4.78 is 18.8. The highest BCUT2D eigenvalue weighted by molar-refractivity contribution is 6.74. The van der Waals surface area contributed by atoms with E-state index in [0.717, 1.165) is 5.56 Å². The lowest BCUT2D eigenvalue weighted by molar-refractivity contribution is -0.140. The number of carbonyl (C=O) groups excluding carboxylic acids is 3. The van der Waals surface area contributed by atoms with Crippen LogP contribution in [-0.2, 0) is 15.6 Å². The van der Waals surface area contributed by atoms with Gasteiger partial charge in [-0.25, -0.2) is 0 Å². The lowest BCUT2D eigenvalue weighted by Gasteiger charge is -2.55. The van der Waals surface area contributed by atoms with E-state index in [0.29, 0.717) is 59.6 Å². The fourth-order valence-electron chi connectivity index (χ4n) is 7.62. The Balaban J connectivity index is 1.77. The summed E-state index contributed by atoms with van der Waals surface area (Å²) >= 11 is 0. The second-order valence-corrected chi connectivity index (χ2v) is 21.5. The normalized spacial score (nSPS) is 24.6. The van der Waals surface area contributed by atoms with Crippen LogP contribution in [0.2, 0.25) is 18.1 Å². The molecule has 0 aliphatic heterocycles. The molecule has 3 aliphatic carbocycles. The quantitative estimate of drug-likeness (QED) is 0.181. The number of aliphatic hydroxyl groups is 1. The van der Waals surface area contributed by atoms with Crippen molar-refractivity contribution in [2.24, 2.45) is 17.3 Å². The van der Waals surface area contributed by atoms with Crippen molar-refractivity contribution in [2.75, 3.05) is 21.2 Å². The van der Waals surface area contributed by atoms with Gasteiger partial charge in [-0.15, -0.1) is 0 Å². The predicted octanol–water partition coefficient (Wildman–Crippen LogP) is 7.60. The molecule has 9 nitrogen and oxygen atoms in total. The summed E-state index contributed by atoms with van der Waals surface area (Å²) in [6.07, 6.45) is 1.84. The third kappa shape index (κ3) is 5.44. The molecular formula is C37H52N2O7Si. The van der Waals surface area contributed by atoms with Crippen molar-refractivity contribution in [3.05, 3.63) is 50.9 Å². The van der Waals surface area contributed by atoms with E-state index in [4.69, 9.17) is 13.7 Å². The summed E-state index contributed by atoms with van der Waals surface area (Å²) in [6.45, 7) is 20.1. The number of hydrogen-bond donors (Lipinski definition) is 1. The smallest absolute Gasteiger partial charge is 0.207 e. The monoisotopic (exact) mass is 664 g/mol. The molecule has 5 rings (SSSR count). The second kappa shape index (κ2) is 11.5. The largest absolute Gasteiger partial charge is 0.507 e. The predicted molar refractivity (Wildman–Crippen MR) is 184 cm³/mol. The Morgan fingerprint density at radius 1 is 1.11 bits per heavy atom. The molecule has 4 atom stereocenters. The first-order chi connectivity index (χ1) is 21.6. The molecule has 1 saturated carbocycles.